The fourth-order valence-corrected chi connectivity index (χ4v) is 4.30. The van der Waals surface area contributed by atoms with Gasteiger partial charge in [0.1, 0.15) is 0 Å². The summed E-state index contributed by atoms with van der Waals surface area (Å²) in [5.74, 6) is 1.40. The third-order valence-electron chi connectivity index (χ3n) is 6.39. The number of nitrogens with one attached hydrogen (secondary N) is 2. The molecule has 0 spiro atoms. The molecule has 0 heterocycles. The molecule has 0 aliphatic carbocycles. The van der Waals surface area contributed by atoms with Crippen molar-refractivity contribution >= 4 is 11.4 Å². The van der Waals surface area contributed by atoms with Crippen LogP contribution < -0.4 is 10.6 Å². The lowest BCUT2D eigenvalue weighted by atomic mass is 9.83. The summed E-state index contributed by atoms with van der Waals surface area (Å²) in [6, 6.07) is 22.6. The fourth-order valence-electron chi connectivity index (χ4n) is 4.30. The lowest BCUT2D eigenvalue weighted by molar-refractivity contribution is 0.303. The number of benzene rings is 2. The topological polar surface area (TPSA) is 24.1 Å². The van der Waals surface area contributed by atoms with Crippen LogP contribution in [0.5, 0.6) is 0 Å². The van der Waals surface area contributed by atoms with Gasteiger partial charge in [0.2, 0.25) is 0 Å². The molecule has 0 saturated heterocycles. The average Bonchev–Trinajstić information content (AvgIpc) is 2.77. The molecule has 2 heteroatoms. The Morgan fingerprint density at radius 2 is 0.967 bits per heavy atom. The zero-order valence-electron chi connectivity index (χ0n) is 19.7. The largest absolute Gasteiger partial charge is 0.382 e. The Labute approximate surface area is 185 Å². The number of para-hydroxylation sites is 2. The van der Waals surface area contributed by atoms with Gasteiger partial charge in [0, 0.05) is 23.5 Å². The summed E-state index contributed by atoms with van der Waals surface area (Å²) in [7, 11) is 0. The van der Waals surface area contributed by atoms with E-state index in [9.17, 15) is 0 Å². The molecule has 0 bridgehead atoms. The Balaban J connectivity index is 1.94. The molecular weight excluding hydrogens is 364 g/mol. The van der Waals surface area contributed by atoms with Crippen molar-refractivity contribution in [3.8, 4) is 0 Å². The first kappa shape index (κ1) is 24.3. The maximum absolute atomic E-state index is 3.81. The smallest absolute Gasteiger partial charge is 0.0342 e. The van der Waals surface area contributed by atoms with Gasteiger partial charge in [-0.25, -0.2) is 0 Å². The van der Waals surface area contributed by atoms with Crippen LogP contribution in [0.15, 0.2) is 60.7 Å². The minimum atomic E-state index is 0.556. The van der Waals surface area contributed by atoms with E-state index < -0.39 is 0 Å². The Morgan fingerprint density at radius 3 is 1.30 bits per heavy atom. The van der Waals surface area contributed by atoms with Crippen molar-refractivity contribution in [1.82, 2.24) is 0 Å². The lowest BCUT2D eigenvalue weighted by Gasteiger charge is -2.30. The van der Waals surface area contributed by atoms with E-state index in [4.69, 9.17) is 0 Å². The van der Waals surface area contributed by atoms with Gasteiger partial charge >= 0.3 is 0 Å². The highest BCUT2D eigenvalue weighted by atomic mass is 14.9. The van der Waals surface area contributed by atoms with E-state index in [0.717, 1.165) is 0 Å². The van der Waals surface area contributed by atoms with Crippen LogP contribution in [0, 0.1) is 11.8 Å². The zero-order chi connectivity index (χ0) is 21.6. The summed E-state index contributed by atoms with van der Waals surface area (Å²) in [4.78, 5) is 0. The Kier molecular flexibility index (Phi) is 11.4. The standard InChI is InChI=1S/C28H44N2/c1-5-7-15-27(29-25-17-11-9-12-18-25)21-23(3)24(4)22-28(16-8-6-2)30-26-19-13-10-14-20-26/h9-14,17-20,23-24,27-30H,5-8,15-16,21-22H2,1-4H3. The van der Waals surface area contributed by atoms with Gasteiger partial charge in [-0.1, -0.05) is 89.8 Å². The first-order valence-corrected chi connectivity index (χ1v) is 12.3. The average molecular weight is 409 g/mol. The second-order valence-electron chi connectivity index (χ2n) is 9.13. The van der Waals surface area contributed by atoms with Gasteiger partial charge in [-0.3, -0.25) is 0 Å². The first-order valence-electron chi connectivity index (χ1n) is 12.3. The van der Waals surface area contributed by atoms with E-state index in [2.05, 4.69) is 99.0 Å². The molecule has 2 aromatic rings. The van der Waals surface area contributed by atoms with Gasteiger partial charge in [0.05, 0.1) is 0 Å². The molecule has 0 amide bonds. The van der Waals surface area contributed by atoms with Crippen molar-refractivity contribution in [3.63, 3.8) is 0 Å². The second-order valence-corrected chi connectivity index (χ2v) is 9.13. The Morgan fingerprint density at radius 1 is 0.600 bits per heavy atom. The molecule has 2 N–H and O–H groups in total. The highest BCUT2D eigenvalue weighted by molar-refractivity contribution is 5.44. The zero-order valence-corrected chi connectivity index (χ0v) is 19.7. The Hall–Kier alpha value is -1.96. The molecule has 30 heavy (non-hydrogen) atoms. The third-order valence-corrected chi connectivity index (χ3v) is 6.39. The molecule has 4 atom stereocenters. The minimum absolute atomic E-state index is 0.556. The number of hydrogen-bond donors (Lipinski definition) is 2. The molecule has 0 fully saturated rings. The lowest BCUT2D eigenvalue weighted by Crippen LogP contribution is -2.28. The summed E-state index contributed by atoms with van der Waals surface area (Å²) in [5, 5.41) is 7.62. The van der Waals surface area contributed by atoms with Crippen LogP contribution in [-0.2, 0) is 0 Å². The summed E-state index contributed by atoms with van der Waals surface area (Å²) in [6.45, 7) is 9.49. The van der Waals surface area contributed by atoms with Crippen molar-refractivity contribution in [3.05, 3.63) is 60.7 Å². The Bertz CT molecular complexity index is 595. The molecular formula is C28H44N2. The van der Waals surface area contributed by atoms with Gasteiger partial charge in [0.15, 0.2) is 0 Å². The molecule has 166 valence electrons. The van der Waals surface area contributed by atoms with Crippen LogP contribution in [0.2, 0.25) is 0 Å². The third kappa shape index (κ3) is 9.24. The van der Waals surface area contributed by atoms with Crippen LogP contribution in [0.1, 0.15) is 79.1 Å². The predicted molar refractivity (Wildman–Crippen MR) is 134 cm³/mol. The molecule has 0 aliphatic rings. The van der Waals surface area contributed by atoms with E-state index in [1.54, 1.807) is 0 Å². The SMILES string of the molecule is CCCCC(CC(C)C(C)CC(CCCC)Nc1ccccc1)Nc1ccccc1. The maximum atomic E-state index is 3.81. The maximum Gasteiger partial charge on any atom is 0.0342 e. The fraction of sp³-hybridized carbons (Fsp3) is 0.571. The van der Waals surface area contributed by atoms with Crippen molar-refractivity contribution < 1.29 is 0 Å². The number of rotatable bonds is 15. The monoisotopic (exact) mass is 408 g/mol. The molecule has 2 nitrogen and oxygen atoms in total. The number of hydrogen-bond acceptors (Lipinski definition) is 2. The highest BCUT2D eigenvalue weighted by Crippen LogP contribution is 2.27. The molecule has 0 radical (unpaired) electrons. The molecule has 0 aliphatic heterocycles. The number of unbranched alkanes of at least 4 members (excludes halogenated alkanes) is 2. The van der Waals surface area contributed by atoms with E-state index in [1.165, 1.54) is 62.7 Å². The predicted octanol–water partition coefficient (Wildman–Crippen LogP) is 8.38. The first-order chi connectivity index (χ1) is 14.6. The van der Waals surface area contributed by atoms with Crippen molar-refractivity contribution in [1.29, 1.82) is 0 Å². The van der Waals surface area contributed by atoms with Crippen molar-refractivity contribution in [2.75, 3.05) is 10.6 Å². The molecule has 0 saturated carbocycles. The van der Waals surface area contributed by atoms with Gasteiger partial charge in [-0.2, -0.15) is 0 Å². The van der Waals surface area contributed by atoms with E-state index in [0.29, 0.717) is 23.9 Å². The van der Waals surface area contributed by atoms with Gasteiger partial charge in [0.25, 0.3) is 0 Å². The van der Waals surface area contributed by atoms with Gasteiger partial charge in [-0.05, 0) is 61.8 Å². The van der Waals surface area contributed by atoms with E-state index in [1.807, 2.05) is 0 Å². The molecule has 0 aromatic heterocycles. The van der Waals surface area contributed by atoms with Crippen LogP contribution in [0.25, 0.3) is 0 Å². The molecule has 2 rings (SSSR count). The summed E-state index contributed by atoms with van der Waals surface area (Å²) in [6.07, 6.45) is 10.1. The summed E-state index contributed by atoms with van der Waals surface area (Å²) >= 11 is 0. The van der Waals surface area contributed by atoms with Crippen LogP contribution in [0.3, 0.4) is 0 Å². The highest BCUT2D eigenvalue weighted by Gasteiger charge is 2.21. The van der Waals surface area contributed by atoms with Gasteiger partial charge < -0.3 is 10.6 Å². The van der Waals surface area contributed by atoms with Crippen LogP contribution in [-0.4, -0.2) is 12.1 Å². The van der Waals surface area contributed by atoms with E-state index in [-0.39, 0.29) is 0 Å². The van der Waals surface area contributed by atoms with Gasteiger partial charge in [-0.15, -0.1) is 0 Å². The van der Waals surface area contributed by atoms with E-state index >= 15 is 0 Å². The second kappa shape index (κ2) is 14.1. The minimum Gasteiger partial charge on any atom is -0.382 e. The normalized spacial score (nSPS) is 15.2. The van der Waals surface area contributed by atoms with Crippen LogP contribution >= 0.6 is 0 Å². The van der Waals surface area contributed by atoms with Crippen LogP contribution in [0.4, 0.5) is 11.4 Å². The quantitative estimate of drug-likeness (QED) is 0.309. The van der Waals surface area contributed by atoms with Crippen molar-refractivity contribution in [2.24, 2.45) is 11.8 Å². The molecule has 2 aromatic carbocycles. The number of anilines is 2. The summed E-state index contributed by atoms with van der Waals surface area (Å²) in [5.41, 5.74) is 2.51. The molecule has 4 unspecified atom stereocenters. The van der Waals surface area contributed by atoms with Crippen molar-refractivity contribution in [2.45, 2.75) is 91.1 Å². The summed E-state index contributed by atoms with van der Waals surface area (Å²) < 4.78 is 0.